The van der Waals surface area contributed by atoms with Crippen molar-refractivity contribution in [3.8, 4) is 17.2 Å². The van der Waals surface area contributed by atoms with E-state index >= 15 is 0 Å². The predicted octanol–water partition coefficient (Wildman–Crippen LogP) is 3.91. The first-order valence-electron chi connectivity index (χ1n) is 9.65. The lowest BCUT2D eigenvalue weighted by molar-refractivity contribution is 0.0739. The first kappa shape index (κ1) is 19.1. The van der Waals surface area contributed by atoms with Crippen LogP contribution in [0.15, 0.2) is 36.4 Å². The lowest BCUT2D eigenvalue weighted by Crippen LogP contribution is -2.39. The summed E-state index contributed by atoms with van der Waals surface area (Å²) in [6, 6.07) is 10.3. The highest BCUT2D eigenvalue weighted by molar-refractivity contribution is 5.97. The van der Waals surface area contributed by atoms with Crippen LogP contribution in [0.4, 0.5) is 0 Å². The maximum absolute atomic E-state index is 12.9. The van der Waals surface area contributed by atoms with E-state index in [1.54, 1.807) is 24.3 Å². The van der Waals surface area contributed by atoms with Crippen molar-refractivity contribution in [3.05, 3.63) is 53.1 Å². The standard InChI is InChI=1S/C22H27NO4/c1-2-3-4-15-27-21-18-12-14-23(22(26)19(18)9-10-20(21)25)13-11-16-5-7-17(24)8-6-16/h5-10,24-25H,2-4,11-15H2,1H3. The van der Waals surface area contributed by atoms with Gasteiger partial charge in [-0.05, 0) is 49.1 Å². The summed E-state index contributed by atoms with van der Waals surface area (Å²) in [6.07, 6.45) is 4.54. The Hall–Kier alpha value is -2.69. The summed E-state index contributed by atoms with van der Waals surface area (Å²) in [4.78, 5) is 14.7. The van der Waals surface area contributed by atoms with E-state index in [2.05, 4.69) is 6.92 Å². The number of amides is 1. The molecule has 0 aromatic heterocycles. The molecule has 1 aliphatic rings. The van der Waals surface area contributed by atoms with E-state index < -0.39 is 0 Å². The van der Waals surface area contributed by atoms with Crippen LogP contribution < -0.4 is 4.74 Å². The maximum Gasteiger partial charge on any atom is 0.254 e. The van der Waals surface area contributed by atoms with Crippen LogP contribution in [0.25, 0.3) is 0 Å². The molecule has 1 heterocycles. The Labute approximate surface area is 160 Å². The van der Waals surface area contributed by atoms with Gasteiger partial charge < -0.3 is 19.8 Å². The van der Waals surface area contributed by atoms with Crippen LogP contribution in [-0.2, 0) is 12.8 Å². The molecular formula is C22H27NO4. The second kappa shape index (κ2) is 8.80. The van der Waals surface area contributed by atoms with Gasteiger partial charge in [0.05, 0.1) is 6.61 Å². The molecule has 0 unspecified atom stereocenters. The number of carbonyl (C=O) groups excluding carboxylic acids is 1. The van der Waals surface area contributed by atoms with Gasteiger partial charge in [0.25, 0.3) is 5.91 Å². The van der Waals surface area contributed by atoms with Crippen molar-refractivity contribution >= 4 is 5.91 Å². The second-order valence-electron chi connectivity index (χ2n) is 6.95. The molecule has 0 spiro atoms. The van der Waals surface area contributed by atoms with Crippen molar-refractivity contribution in [3.63, 3.8) is 0 Å². The highest BCUT2D eigenvalue weighted by atomic mass is 16.5. The number of ether oxygens (including phenoxy) is 1. The van der Waals surface area contributed by atoms with Gasteiger partial charge in [-0.1, -0.05) is 31.9 Å². The van der Waals surface area contributed by atoms with Crippen molar-refractivity contribution in [2.45, 2.75) is 39.0 Å². The van der Waals surface area contributed by atoms with Gasteiger partial charge >= 0.3 is 0 Å². The number of phenolic OH excluding ortho intramolecular Hbond substituents is 2. The number of nitrogens with zero attached hydrogens (tertiary/aromatic N) is 1. The third-order valence-corrected chi connectivity index (χ3v) is 4.99. The lowest BCUT2D eigenvalue weighted by Gasteiger charge is -2.30. The van der Waals surface area contributed by atoms with Crippen LogP contribution in [0.3, 0.4) is 0 Å². The van der Waals surface area contributed by atoms with Crippen molar-refractivity contribution in [2.75, 3.05) is 19.7 Å². The minimum absolute atomic E-state index is 0.0200. The summed E-state index contributed by atoms with van der Waals surface area (Å²) in [5.41, 5.74) is 2.52. The fourth-order valence-corrected chi connectivity index (χ4v) is 3.41. The molecule has 0 bridgehead atoms. The molecule has 0 fully saturated rings. The fourth-order valence-electron chi connectivity index (χ4n) is 3.41. The van der Waals surface area contributed by atoms with E-state index in [0.29, 0.717) is 37.4 Å². The van der Waals surface area contributed by atoms with E-state index in [1.165, 1.54) is 0 Å². The summed E-state index contributed by atoms with van der Waals surface area (Å²) >= 11 is 0. The number of carbonyl (C=O) groups is 1. The molecule has 0 saturated heterocycles. The van der Waals surface area contributed by atoms with Crippen LogP contribution >= 0.6 is 0 Å². The molecule has 1 aliphatic heterocycles. The molecule has 5 nitrogen and oxygen atoms in total. The molecule has 2 aromatic carbocycles. The molecule has 2 N–H and O–H groups in total. The van der Waals surface area contributed by atoms with E-state index in [4.69, 9.17) is 4.74 Å². The summed E-state index contributed by atoms with van der Waals surface area (Å²) in [5.74, 6) is 0.798. The number of unbranched alkanes of at least 4 members (excludes halogenated alkanes) is 2. The van der Waals surface area contributed by atoms with E-state index in [1.807, 2.05) is 17.0 Å². The van der Waals surface area contributed by atoms with Gasteiger partial charge in [-0.2, -0.15) is 0 Å². The number of fused-ring (bicyclic) bond motifs is 1. The zero-order valence-electron chi connectivity index (χ0n) is 15.8. The zero-order chi connectivity index (χ0) is 19.2. The van der Waals surface area contributed by atoms with Gasteiger partial charge in [0.15, 0.2) is 11.5 Å². The monoisotopic (exact) mass is 369 g/mol. The normalized spacial score (nSPS) is 13.5. The average molecular weight is 369 g/mol. The summed E-state index contributed by atoms with van der Waals surface area (Å²) in [5, 5.41) is 19.5. The smallest absolute Gasteiger partial charge is 0.254 e. The van der Waals surface area contributed by atoms with Crippen LogP contribution in [0, 0.1) is 0 Å². The number of phenols is 2. The number of rotatable bonds is 8. The third kappa shape index (κ3) is 4.54. The number of aromatic hydroxyl groups is 2. The van der Waals surface area contributed by atoms with Crippen LogP contribution in [0.5, 0.6) is 17.2 Å². The Morgan fingerprint density at radius 1 is 1.07 bits per heavy atom. The number of hydrogen-bond acceptors (Lipinski definition) is 4. The molecule has 0 saturated carbocycles. The highest BCUT2D eigenvalue weighted by Gasteiger charge is 2.28. The van der Waals surface area contributed by atoms with Crippen molar-refractivity contribution in [2.24, 2.45) is 0 Å². The van der Waals surface area contributed by atoms with Gasteiger partial charge in [0.2, 0.25) is 0 Å². The van der Waals surface area contributed by atoms with E-state index in [0.717, 1.165) is 36.8 Å². The van der Waals surface area contributed by atoms with Crippen LogP contribution in [0.2, 0.25) is 0 Å². The lowest BCUT2D eigenvalue weighted by atomic mass is 9.97. The van der Waals surface area contributed by atoms with Gasteiger partial charge in [0.1, 0.15) is 5.75 Å². The summed E-state index contributed by atoms with van der Waals surface area (Å²) in [7, 11) is 0. The molecule has 0 aliphatic carbocycles. The van der Waals surface area contributed by atoms with E-state index in [9.17, 15) is 15.0 Å². The topological polar surface area (TPSA) is 70.0 Å². The second-order valence-corrected chi connectivity index (χ2v) is 6.95. The fraction of sp³-hybridized carbons (Fsp3) is 0.409. The number of hydrogen-bond donors (Lipinski definition) is 2. The predicted molar refractivity (Wildman–Crippen MR) is 105 cm³/mol. The first-order chi connectivity index (χ1) is 13.1. The van der Waals surface area contributed by atoms with Crippen molar-refractivity contribution in [1.82, 2.24) is 4.90 Å². The third-order valence-electron chi connectivity index (χ3n) is 4.99. The van der Waals surface area contributed by atoms with Gasteiger partial charge in [-0.15, -0.1) is 0 Å². The molecular weight excluding hydrogens is 342 g/mol. The molecule has 0 atom stereocenters. The molecule has 5 heteroatoms. The summed E-state index contributed by atoms with van der Waals surface area (Å²) in [6.45, 7) is 3.92. The summed E-state index contributed by atoms with van der Waals surface area (Å²) < 4.78 is 5.82. The molecule has 144 valence electrons. The van der Waals surface area contributed by atoms with Crippen molar-refractivity contribution < 1.29 is 19.7 Å². The first-order valence-corrected chi connectivity index (χ1v) is 9.65. The average Bonchev–Trinajstić information content (AvgIpc) is 2.67. The molecule has 27 heavy (non-hydrogen) atoms. The maximum atomic E-state index is 12.9. The van der Waals surface area contributed by atoms with Gasteiger partial charge in [-0.3, -0.25) is 4.79 Å². The molecule has 0 radical (unpaired) electrons. The van der Waals surface area contributed by atoms with Gasteiger partial charge in [0, 0.05) is 24.2 Å². The van der Waals surface area contributed by atoms with Crippen molar-refractivity contribution in [1.29, 1.82) is 0 Å². The molecule has 2 aromatic rings. The van der Waals surface area contributed by atoms with E-state index in [-0.39, 0.29) is 17.4 Å². The molecule has 3 rings (SSSR count). The molecule has 1 amide bonds. The SMILES string of the molecule is CCCCCOc1c(O)ccc2c1CCN(CCc1ccc(O)cc1)C2=O. The highest BCUT2D eigenvalue weighted by Crippen LogP contribution is 2.36. The Morgan fingerprint density at radius 2 is 1.85 bits per heavy atom. The Bertz CT molecular complexity index is 786. The Balaban J connectivity index is 1.68. The van der Waals surface area contributed by atoms with Crippen LogP contribution in [0.1, 0.15) is 47.7 Å². The Morgan fingerprint density at radius 3 is 2.59 bits per heavy atom. The Kier molecular flexibility index (Phi) is 6.22. The minimum atomic E-state index is -0.0200. The zero-order valence-corrected chi connectivity index (χ0v) is 15.8. The van der Waals surface area contributed by atoms with Gasteiger partial charge in [-0.25, -0.2) is 0 Å². The minimum Gasteiger partial charge on any atom is -0.508 e. The largest absolute Gasteiger partial charge is 0.508 e. The number of benzene rings is 2. The van der Waals surface area contributed by atoms with Crippen LogP contribution in [-0.4, -0.2) is 40.7 Å². The quantitative estimate of drug-likeness (QED) is 0.692.